The van der Waals surface area contributed by atoms with Gasteiger partial charge in [0, 0.05) is 6.54 Å². The predicted molar refractivity (Wildman–Crippen MR) is 42.5 cm³/mol. The van der Waals surface area contributed by atoms with E-state index in [9.17, 15) is 4.79 Å². The van der Waals surface area contributed by atoms with Crippen molar-refractivity contribution in [1.29, 1.82) is 0 Å². The molecule has 2 N–H and O–H groups in total. The molecule has 0 atom stereocenters. The highest BCUT2D eigenvalue weighted by molar-refractivity contribution is 5.91. The van der Waals surface area contributed by atoms with Gasteiger partial charge in [-0.2, -0.15) is 0 Å². The van der Waals surface area contributed by atoms with E-state index >= 15 is 0 Å². The van der Waals surface area contributed by atoms with E-state index in [1.807, 2.05) is 0 Å². The van der Waals surface area contributed by atoms with E-state index in [-0.39, 0.29) is 24.8 Å². The van der Waals surface area contributed by atoms with Gasteiger partial charge in [-0.25, -0.2) is 0 Å². The molecule has 0 aromatic carbocycles. The Kier molecular flexibility index (Phi) is 3.27. The van der Waals surface area contributed by atoms with Crippen molar-refractivity contribution in [1.82, 2.24) is 10.5 Å². The highest BCUT2D eigenvalue weighted by Crippen LogP contribution is 2.09. The van der Waals surface area contributed by atoms with Gasteiger partial charge in [-0.15, -0.1) is 0 Å². The maximum absolute atomic E-state index is 11.1. The minimum absolute atomic E-state index is 0.0605. The molecule has 0 aliphatic rings. The van der Waals surface area contributed by atoms with Gasteiger partial charge >= 0.3 is 0 Å². The summed E-state index contributed by atoms with van der Waals surface area (Å²) in [4.78, 5) is 11.1. The first-order chi connectivity index (χ1) is 6.27. The van der Waals surface area contributed by atoms with Crippen molar-refractivity contribution in [2.24, 2.45) is 0 Å². The van der Waals surface area contributed by atoms with Crippen LogP contribution in [0.5, 0.6) is 5.88 Å². The summed E-state index contributed by atoms with van der Waals surface area (Å²) >= 11 is 0. The lowest BCUT2D eigenvalue weighted by Gasteiger charge is -1.96. The van der Waals surface area contributed by atoms with E-state index in [2.05, 4.69) is 15.0 Å². The molecule has 13 heavy (non-hydrogen) atoms. The first kappa shape index (κ1) is 9.53. The summed E-state index contributed by atoms with van der Waals surface area (Å²) in [6, 6.07) is 1.37. The standard InChI is InChI=1S/C7H10N2O4/c1-12-6-4-5(13-9-6)7(11)8-2-3-10/h4,10H,2-3H2,1H3,(H,8,11). The number of carbonyl (C=O) groups excluding carboxylic acids is 1. The van der Waals surface area contributed by atoms with Crippen LogP contribution in [0.15, 0.2) is 10.6 Å². The zero-order valence-electron chi connectivity index (χ0n) is 7.11. The number of aromatic nitrogens is 1. The molecule has 0 spiro atoms. The van der Waals surface area contributed by atoms with E-state index in [1.165, 1.54) is 13.2 Å². The number of nitrogens with zero attached hydrogens (tertiary/aromatic N) is 1. The third kappa shape index (κ3) is 2.45. The first-order valence-electron chi connectivity index (χ1n) is 3.67. The Bertz CT molecular complexity index is 284. The lowest BCUT2D eigenvalue weighted by atomic mass is 10.4. The summed E-state index contributed by atoms with van der Waals surface area (Å²) in [7, 11) is 1.42. The Morgan fingerprint density at radius 1 is 1.85 bits per heavy atom. The highest BCUT2D eigenvalue weighted by atomic mass is 16.5. The summed E-state index contributed by atoms with van der Waals surface area (Å²) in [5.74, 6) is -0.121. The SMILES string of the molecule is COc1cc(C(=O)NCCO)on1. The molecule has 0 aliphatic carbocycles. The van der Waals surface area contributed by atoms with E-state index in [1.54, 1.807) is 0 Å². The average molecular weight is 186 g/mol. The van der Waals surface area contributed by atoms with E-state index < -0.39 is 5.91 Å². The summed E-state index contributed by atoms with van der Waals surface area (Å²) < 4.78 is 9.36. The van der Waals surface area contributed by atoms with Gasteiger partial charge in [-0.3, -0.25) is 4.79 Å². The van der Waals surface area contributed by atoms with Gasteiger partial charge in [0.1, 0.15) is 0 Å². The Balaban J connectivity index is 2.55. The molecule has 0 aliphatic heterocycles. The van der Waals surface area contributed by atoms with Gasteiger partial charge < -0.3 is 19.7 Å². The normalized spacial score (nSPS) is 9.69. The van der Waals surface area contributed by atoms with Crippen LogP contribution in [0, 0.1) is 0 Å². The molecular formula is C7H10N2O4. The van der Waals surface area contributed by atoms with Crippen LogP contribution in [0.3, 0.4) is 0 Å². The molecule has 0 saturated carbocycles. The summed E-state index contributed by atoms with van der Waals surface area (Å²) in [6.07, 6.45) is 0. The van der Waals surface area contributed by atoms with E-state index in [4.69, 9.17) is 9.84 Å². The molecule has 0 unspecified atom stereocenters. The molecule has 1 aromatic rings. The summed E-state index contributed by atoms with van der Waals surface area (Å²) in [6.45, 7) is 0.0683. The van der Waals surface area contributed by atoms with Crippen LogP contribution in [0.4, 0.5) is 0 Å². The molecule has 1 heterocycles. The molecule has 1 amide bonds. The minimum atomic E-state index is -0.426. The molecule has 6 nitrogen and oxygen atoms in total. The Hall–Kier alpha value is -1.56. The smallest absolute Gasteiger partial charge is 0.290 e. The minimum Gasteiger partial charge on any atom is -0.479 e. The Morgan fingerprint density at radius 3 is 3.15 bits per heavy atom. The van der Waals surface area contributed by atoms with Gasteiger partial charge in [0.05, 0.1) is 19.8 Å². The van der Waals surface area contributed by atoms with Gasteiger partial charge in [-0.05, 0) is 5.16 Å². The highest BCUT2D eigenvalue weighted by Gasteiger charge is 2.11. The fourth-order valence-electron chi connectivity index (χ4n) is 0.719. The molecule has 0 saturated heterocycles. The quantitative estimate of drug-likeness (QED) is 0.656. The third-order valence-corrected chi connectivity index (χ3v) is 1.32. The van der Waals surface area contributed by atoms with E-state index in [0.717, 1.165) is 0 Å². The number of ether oxygens (including phenoxy) is 1. The van der Waals surface area contributed by atoms with Crippen LogP contribution in [0.25, 0.3) is 0 Å². The van der Waals surface area contributed by atoms with Crippen LogP contribution in [0.1, 0.15) is 10.6 Å². The van der Waals surface area contributed by atoms with Crippen molar-refractivity contribution < 1.29 is 19.2 Å². The Labute approximate surface area is 74.5 Å². The van der Waals surface area contributed by atoms with Crippen LogP contribution in [-0.4, -0.2) is 36.4 Å². The topological polar surface area (TPSA) is 84.6 Å². The fraction of sp³-hybridized carbons (Fsp3) is 0.429. The van der Waals surface area contributed by atoms with Crippen molar-refractivity contribution >= 4 is 5.91 Å². The predicted octanol–water partition coefficient (Wildman–Crippen LogP) is -0.595. The molecular weight excluding hydrogens is 176 g/mol. The van der Waals surface area contributed by atoms with Gasteiger partial charge in [0.15, 0.2) is 0 Å². The first-order valence-corrected chi connectivity index (χ1v) is 3.67. The van der Waals surface area contributed by atoms with Crippen LogP contribution >= 0.6 is 0 Å². The third-order valence-electron chi connectivity index (χ3n) is 1.32. The summed E-state index contributed by atoms with van der Waals surface area (Å²) in [5, 5.41) is 14.3. The maximum atomic E-state index is 11.1. The molecule has 1 rings (SSSR count). The zero-order valence-corrected chi connectivity index (χ0v) is 7.11. The molecule has 1 aromatic heterocycles. The van der Waals surface area contributed by atoms with Gasteiger partial charge in [0.25, 0.3) is 11.8 Å². The lowest BCUT2D eigenvalue weighted by molar-refractivity contribution is 0.0907. The van der Waals surface area contributed by atoms with Crippen molar-refractivity contribution in [3.05, 3.63) is 11.8 Å². The number of rotatable bonds is 4. The number of aliphatic hydroxyl groups excluding tert-OH is 1. The van der Waals surface area contributed by atoms with Crippen molar-refractivity contribution in [3.8, 4) is 5.88 Å². The number of hydrogen-bond acceptors (Lipinski definition) is 5. The van der Waals surface area contributed by atoms with Gasteiger partial charge in [-0.1, -0.05) is 0 Å². The number of hydrogen-bond donors (Lipinski definition) is 2. The van der Waals surface area contributed by atoms with Gasteiger partial charge in [0.2, 0.25) is 5.76 Å². The summed E-state index contributed by atoms with van der Waals surface area (Å²) in [5.41, 5.74) is 0. The van der Waals surface area contributed by atoms with E-state index in [0.29, 0.717) is 0 Å². The number of aliphatic hydroxyl groups is 1. The molecule has 0 bridgehead atoms. The molecule has 72 valence electrons. The molecule has 6 heteroatoms. The van der Waals surface area contributed by atoms with Crippen molar-refractivity contribution in [3.63, 3.8) is 0 Å². The molecule has 0 fully saturated rings. The lowest BCUT2D eigenvalue weighted by Crippen LogP contribution is -2.25. The van der Waals surface area contributed by atoms with Crippen LogP contribution in [-0.2, 0) is 0 Å². The Morgan fingerprint density at radius 2 is 2.62 bits per heavy atom. The second-order valence-corrected chi connectivity index (χ2v) is 2.21. The average Bonchev–Trinajstić information content (AvgIpc) is 2.62. The number of carbonyl (C=O) groups is 1. The fourth-order valence-corrected chi connectivity index (χ4v) is 0.719. The maximum Gasteiger partial charge on any atom is 0.290 e. The van der Waals surface area contributed by atoms with Crippen molar-refractivity contribution in [2.45, 2.75) is 0 Å². The number of amides is 1. The number of nitrogens with one attached hydrogen (secondary N) is 1. The largest absolute Gasteiger partial charge is 0.479 e. The second kappa shape index (κ2) is 4.46. The second-order valence-electron chi connectivity index (χ2n) is 2.21. The van der Waals surface area contributed by atoms with Crippen molar-refractivity contribution in [2.75, 3.05) is 20.3 Å². The number of methoxy groups -OCH3 is 1. The van der Waals surface area contributed by atoms with Crippen LogP contribution in [0.2, 0.25) is 0 Å². The van der Waals surface area contributed by atoms with Crippen LogP contribution < -0.4 is 10.1 Å². The molecule has 0 radical (unpaired) electrons. The zero-order chi connectivity index (χ0) is 9.68. The monoisotopic (exact) mass is 186 g/mol.